The summed E-state index contributed by atoms with van der Waals surface area (Å²) >= 11 is 0. The minimum absolute atomic E-state index is 0.172. The molecule has 2 atom stereocenters. The van der Waals surface area contributed by atoms with Crippen LogP contribution in [-0.4, -0.2) is 62.8 Å². The van der Waals surface area contributed by atoms with Crippen molar-refractivity contribution in [2.24, 2.45) is 5.73 Å². The van der Waals surface area contributed by atoms with Crippen molar-refractivity contribution in [3.63, 3.8) is 0 Å². The highest BCUT2D eigenvalue weighted by atomic mass is 16.5. The number of piperazine rings is 1. The molecule has 1 heterocycles. The molecule has 0 spiro atoms. The molecule has 1 aromatic rings. The highest BCUT2D eigenvalue weighted by molar-refractivity contribution is 5.20. The van der Waals surface area contributed by atoms with Crippen LogP contribution in [0.15, 0.2) is 30.3 Å². The molecule has 112 valence electrons. The lowest BCUT2D eigenvalue weighted by atomic mass is 10.0. The van der Waals surface area contributed by atoms with Crippen molar-refractivity contribution in [2.75, 3.05) is 46.9 Å². The standard InChI is InChI=1S/C16H27N3O/c1-18-10-11-19(9-8-15(12-17)20-2)16(13-18)14-6-4-3-5-7-14/h3-7,15-16H,8-13,17H2,1-2H3. The Morgan fingerprint density at radius 3 is 2.70 bits per heavy atom. The maximum absolute atomic E-state index is 5.71. The number of ether oxygens (including phenoxy) is 1. The normalized spacial score (nSPS) is 22.9. The maximum Gasteiger partial charge on any atom is 0.0705 e. The lowest BCUT2D eigenvalue weighted by molar-refractivity contribution is 0.0541. The average Bonchev–Trinajstić information content (AvgIpc) is 2.50. The molecule has 4 heteroatoms. The monoisotopic (exact) mass is 277 g/mol. The number of likely N-dealkylation sites (N-methyl/N-ethyl adjacent to an activating group) is 1. The summed E-state index contributed by atoms with van der Waals surface area (Å²) in [5.41, 5.74) is 7.12. The van der Waals surface area contributed by atoms with E-state index in [9.17, 15) is 0 Å². The summed E-state index contributed by atoms with van der Waals surface area (Å²) < 4.78 is 5.39. The zero-order chi connectivity index (χ0) is 14.4. The van der Waals surface area contributed by atoms with Crippen LogP contribution in [0.3, 0.4) is 0 Å². The van der Waals surface area contributed by atoms with Crippen LogP contribution in [-0.2, 0) is 4.74 Å². The van der Waals surface area contributed by atoms with Crippen molar-refractivity contribution in [1.29, 1.82) is 0 Å². The Balaban J connectivity index is 2.01. The van der Waals surface area contributed by atoms with Crippen molar-refractivity contribution >= 4 is 0 Å². The van der Waals surface area contributed by atoms with Gasteiger partial charge in [0.1, 0.15) is 0 Å². The fraction of sp³-hybridized carbons (Fsp3) is 0.625. The molecule has 0 amide bonds. The first-order valence-electron chi connectivity index (χ1n) is 7.45. The average molecular weight is 277 g/mol. The topological polar surface area (TPSA) is 41.7 Å². The molecule has 0 radical (unpaired) electrons. The van der Waals surface area contributed by atoms with Crippen LogP contribution >= 0.6 is 0 Å². The van der Waals surface area contributed by atoms with Gasteiger partial charge in [0.25, 0.3) is 0 Å². The Morgan fingerprint density at radius 2 is 2.05 bits per heavy atom. The lowest BCUT2D eigenvalue weighted by Crippen LogP contribution is -2.47. The Bertz CT molecular complexity index is 381. The molecule has 20 heavy (non-hydrogen) atoms. The van der Waals surface area contributed by atoms with E-state index < -0.39 is 0 Å². The molecule has 2 unspecified atom stereocenters. The van der Waals surface area contributed by atoms with Gasteiger partial charge in [0, 0.05) is 45.9 Å². The molecular weight excluding hydrogens is 250 g/mol. The fourth-order valence-corrected chi connectivity index (χ4v) is 2.86. The van der Waals surface area contributed by atoms with Crippen molar-refractivity contribution in [3.05, 3.63) is 35.9 Å². The van der Waals surface area contributed by atoms with Gasteiger partial charge in [-0.3, -0.25) is 4.90 Å². The van der Waals surface area contributed by atoms with Gasteiger partial charge >= 0.3 is 0 Å². The predicted molar refractivity (Wildman–Crippen MR) is 82.7 cm³/mol. The van der Waals surface area contributed by atoms with E-state index in [1.807, 2.05) is 0 Å². The SMILES string of the molecule is COC(CN)CCN1CCN(C)CC1c1ccccc1. The van der Waals surface area contributed by atoms with Crippen molar-refractivity contribution in [3.8, 4) is 0 Å². The van der Waals surface area contributed by atoms with E-state index >= 15 is 0 Å². The summed E-state index contributed by atoms with van der Waals surface area (Å²) in [5, 5.41) is 0. The van der Waals surface area contributed by atoms with Gasteiger partial charge in [-0.05, 0) is 19.0 Å². The zero-order valence-corrected chi connectivity index (χ0v) is 12.7. The first-order chi connectivity index (χ1) is 9.74. The second-order valence-electron chi connectivity index (χ2n) is 5.61. The van der Waals surface area contributed by atoms with Crippen LogP contribution in [0.2, 0.25) is 0 Å². The molecule has 4 nitrogen and oxygen atoms in total. The van der Waals surface area contributed by atoms with Gasteiger partial charge in [-0.2, -0.15) is 0 Å². The molecule has 0 saturated carbocycles. The molecule has 1 aliphatic rings. The minimum Gasteiger partial charge on any atom is -0.380 e. The van der Waals surface area contributed by atoms with E-state index in [1.54, 1.807) is 7.11 Å². The minimum atomic E-state index is 0.172. The van der Waals surface area contributed by atoms with Gasteiger partial charge in [-0.15, -0.1) is 0 Å². The Kier molecular flexibility index (Phi) is 5.98. The number of benzene rings is 1. The van der Waals surface area contributed by atoms with E-state index in [1.165, 1.54) is 5.56 Å². The maximum atomic E-state index is 5.71. The van der Waals surface area contributed by atoms with Gasteiger partial charge in [0.2, 0.25) is 0 Å². The van der Waals surface area contributed by atoms with Crippen molar-refractivity contribution in [1.82, 2.24) is 9.80 Å². The molecule has 1 saturated heterocycles. The summed E-state index contributed by atoms with van der Waals surface area (Å²) in [6.45, 7) is 4.97. The highest BCUT2D eigenvalue weighted by Gasteiger charge is 2.26. The third-order valence-electron chi connectivity index (χ3n) is 4.21. The van der Waals surface area contributed by atoms with E-state index in [0.717, 1.165) is 32.6 Å². The molecule has 2 N–H and O–H groups in total. The third kappa shape index (κ3) is 4.03. The van der Waals surface area contributed by atoms with Crippen molar-refractivity contribution in [2.45, 2.75) is 18.6 Å². The number of nitrogens with zero attached hydrogens (tertiary/aromatic N) is 2. The van der Waals surface area contributed by atoms with Gasteiger partial charge in [0.15, 0.2) is 0 Å². The smallest absolute Gasteiger partial charge is 0.0705 e. The Morgan fingerprint density at radius 1 is 1.30 bits per heavy atom. The molecule has 0 aromatic heterocycles. The molecule has 1 aliphatic heterocycles. The number of hydrogen-bond acceptors (Lipinski definition) is 4. The van der Waals surface area contributed by atoms with Gasteiger partial charge in [0.05, 0.1) is 6.10 Å². The number of methoxy groups -OCH3 is 1. The van der Waals surface area contributed by atoms with Crippen LogP contribution in [0, 0.1) is 0 Å². The molecular formula is C16H27N3O. The Hall–Kier alpha value is -0.940. The first-order valence-corrected chi connectivity index (χ1v) is 7.45. The Labute approximate surface area is 122 Å². The second-order valence-corrected chi connectivity index (χ2v) is 5.61. The molecule has 0 bridgehead atoms. The van der Waals surface area contributed by atoms with Crippen LogP contribution < -0.4 is 5.73 Å². The van der Waals surface area contributed by atoms with Crippen molar-refractivity contribution < 1.29 is 4.74 Å². The van der Waals surface area contributed by atoms with Crippen LogP contribution in [0.4, 0.5) is 0 Å². The molecule has 1 fully saturated rings. The summed E-state index contributed by atoms with van der Waals surface area (Å²) in [6.07, 6.45) is 1.17. The van der Waals surface area contributed by atoms with E-state index in [0.29, 0.717) is 12.6 Å². The summed E-state index contributed by atoms with van der Waals surface area (Å²) in [5.74, 6) is 0. The quantitative estimate of drug-likeness (QED) is 0.852. The summed E-state index contributed by atoms with van der Waals surface area (Å²) in [6, 6.07) is 11.3. The lowest BCUT2D eigenvalue weighted by Gasteiger charge is -2.40. The predicted octanol–water partition coefficient (Wildman–Crippen LogP) is 1.34. The summed E-state index contributed by atoms with van der Waals surface area (Å²) in [4.78, 5) is 4.97. The van der Waals surface area contributed by atoms with Crippen LogP contribution in [0.5, 0.6) is 0 Å². The fourth-order valence-electron chi connectivity index (χ4n) is 2.86. The van der Waals surface area contributed by atoms with Crippen LogP contribution in [0.1, 0.15) is 18.0 Å². The number of hydrogen-bond donors (Lipinski definition) is 1. The van der Waals surface area contributed by atoms with E-state index in [2.05, 4.69) is 47.2 Å². The summed E-state index contributed by atoms with van der Waals surface area (Å²) in [7, 11) is 3.95. The molecule has 1 aromatic carbocycles. The second kappa shape index (κ2) is 7.74. The van der Waals surface area contributed by atoms with Gasteiger partial charge in [-0.1, -0.05) is 30.3 Å². The first kappa shape index (κ1) is 15.4. The third-order valence-corrected chi connectivity index (χ3v) is 4.21. The zero-order valence-electron chi connectivity index (χ0n) is 12.7. The largest absolute Gasteiger partial charge is 0.380 e. The molecule has 2 rings (SSSR count). The molecule has 0 aliphatic carbocycles. The van der Waals surface area contributed by atoms with E-state index in [-0.39, 0.29) is 6.10 Å². The van der Waals surface area contributed by atoms with E-state index in [4.69, 9.17) is 10.5 Å². The van der Waals surface area contributed by atoms with Gasteiger partial charge in [-0.25, -0.2) is 0 Å². The number of rotatable bonds is 6. The van der Waals surface area contributed by atoms with Gasteiger partial charge < -0.3 is 15.4 Å². The van der Waals surface area contributed by atoms with Crippen LogP contribution in [0.25, 0.3) is 0 Å². The number of nitrogens with two attached hydrogens (primary N) is 1. The highest BCUT2D eigenvalue weighted by Crippen LogP contribution is 2.25.